The van der Waals surface area contributed by atoms with Gasteiger partial charge >= 0.3 is 9.28 Å². The van der Waals surface area contributed by atoms with E-state index in [2.05, 4.69) is 15.9 Å². The number of hydrogen-bond donors (Lipinski definition) is 0. The molecule has 0 heterocycles. The topological polar surface area (TPSA) is 18.5 Å². The van der Waals surface area contributed by atoms with Gasteiger partial charge in [0.15, 0.2) is 0 Å². The molecule has 0 saturated heterocycles. The third-order valence-electron chi connectivity index (χ3n) is 1.35. The van der Waals surface area contributed by atoms with Gasteiger partial charge in [-0.05, 0) is 12.5 Å². The normalized spacial score (nSPS) is 10.8. The highest BCUT2D eigenvalue weighted by Crippen LogP contribution is 2.03. The third-order valence-corrected chi connectivity index (χ3v) is 3.84. The first kappa shape index (κ1) is 10.6. The molecule has 10 heavy (non-hydrogen) atoms. The zero-order valence-electron chi connectivity index (χ0n) is 6.60. The molecular weight excluding hydrogens is 212 g/mol. The Hall–Kier alpha value is 0.617. The second-order valence-corrected chi connectivity index (χ2v) is 5.26. The van der Waals surface area contributed by atoms with Gasteiger partial charge in [0, 0.05) is 19.5 Å². The molecule has 0 amide bonds. The van der Waals surface area contributed by atoms with E-state index in [9.17, 15) is 0 Å². The largest absolute Gasteiger partial charge is 0.400 e. The Bertz CT molecular complexity index is 68.8. The van der Waals surface area contributed by atoms with Gasteiger partial charge in [0.05, 0.1) is 0 Å². The molecule has 0 unspecified atom stereocenters. The van der Waals surface area contributed by atoms with Crippen LogP contribution in [0.1, 0.15) is 12.8 Å². The van der Waals surface area contributed by atoms with Crippen molar-refractivity contribution in [2.24, 2.45) is 0 Å². The quantitative estimate of drug-likeness (QED) is 0.390. The van der Waals surface area contributed by atoms with Crippen molar-refractivity contribution in [3.05, 3.63) is 0 Å². The van der Waals surface area contributed by atoms with Crippen molar-refractivity contribution in [1.82, 2.24) is 0 Å². The van der Waals surface area contributed by atoms with E-state index in [0.29, 0.717) is 0 Å². The average Bonchev–Trinajstić information content (AvgIpc) is 1.99. The first-order valence-corrected chi connectivity index (χ1v) is 6.34. The van der Waals surface area contributed by atoms with Gasteiger partial charge in [-0.2, -0.15) is 0 Å². The molecule has 0 aromatic rings. The van der Waals surface area contributed by atoms with Gasteiger partial charge < -0.3 is 8.85 Å². The van der Waals surface area contributed by atoms with Crippen molar-refractivity contribution >= 4 is 25.2 Å². The summed E-state index contributed by atoms with van der Waals surface area (Å²) in [5, 5.41) is 1.08. The molecule has 0 fully saturated rings. The van der Waals surface area contributed by atoms with Crippen LogP contribution in [-0.2, 0) is 8.85 Å². The summed E-state index contributed by atoms with van der Waals surface area (Å²) < 4.78 is 10.3. The molecule has 0 atom stereocenters. The Morgan fingerprint density at radius 3 is 2.20 bits per heavy atom. The summed E-state index contributed by atoms with van der Waals surface area (Å²) in [5.41, 5.74) is 0. The molecule has 0 spiro atoms. The molecule has 0 aliphatic heterocycles. The van der Waals surface area contributed by atoms with Crippen LogP contribution in [0, 0.1) is 0 Å². The van der Waals surface area contributed by atoms with Crippen LogP contribution in [0.4, 0.5) is 0 Å². The molecule has 0 N–H and O–H groups in total. The van der Waals surface area contributed by atoms with Gasteiger partial charge in [-0.25, -0.2) is 0 Å². The monoisotopic (exact) mass is 226 g/mol. The summed E-state index contributed by atoms with van der Waals surface area (Å²) in [6.45, 7) is 0. The fourth-order valence-corrected chi connectivity index (χ4v) is 2.42. The molecule has 4 heteroatoms. The Balaban J connectivity index is 3.09. The molecule has 0 bridgehead atoms. The van der Waals surface area contributed by atoms with Gasteiger partial charge in [-0.3, -0.25) is 0 Å². The number of halogens is 1. The molecule has 0 saturated carbocycles. The van der Waals surface area contributed by atoms with E-state index in [-0.39, 0.29) is 0 Å². The molecule has 2 nitrogen and oxygen atoms in total. The van der Waals surface area contributed by atoms with E-state index in [1.807, 2.05) is 0 Å². The first-order chi connectivity index (χ1) is 4.85. The van der Waals surface area contributed by atoms with Gasteiger partial charge in [0.1, 0.15) is 0 Å². The van der Waals surface area contributed by atoms with Crippen LogP contribution in [-0.4, -0.2) is 28.8 Å². The first-order valence-electron chi connectivity index (χ1n) is 3.46. The van der Waals surface area contributed by atoms with E-state index in [0.717, 1.165) is 11.4 Å². The molecule has 62 valence electrons. The van der Waals surface area contributed by atoms with Gasteiger partial charge in [-0.1, -0.05) is 22.4 Å². The van der Waals surface area contributed by atoms with Crippen LogP contribution in [0.5, 0.6) is 0 Å². The lowest BCUT2D eigenvalue weighted by molar-refractivity contribution is 0.276. The molecule has 0 rings (SSSR count). The van der Waals surface area contributed by atoms with Crippen LogP contribution in [0.15, 0.2) is 0 Å². The van der Waals surface area contributed by atoms with E-state index < -0.39 is 9.28 Å². The molecule has 0 aliphatic carbocycles. The van der Waals surface area contributed by atoms with Gasteiger partial charge in [0.2, 0.25) is 0 Å². The van der Waals surface area contributed by atoms with E-state index >= 15 is 0 Å². The third kappa shape index (κ3) is 5.41. The second-order valence-electron chi connectivity index (χ2n) is 2.09. The summed E-state index contributed by atoms with van der Waals surface area (Å²) >= 11 is 3.38. The van der Waals surface area contributed by atoms with Crippen molar-refractivity contribution in [1.29, 1.82) is 0 Å². The summed E-state index contributed by atoms with van der Waals surface area (Å²) in [4.78, 5) is 0. The molecule has 0 aromatic heterocycles. The summed E-state index contributed by atoms with van der Waals surface area (Å²) in [6, 6.07) is 1.12. The second kappa shape index (κ2) is 7.72. The Kier molecular flexibility index (Phi) is 8.20. The highest BCUT2D eigenvalue weighted by molar-refractivity contribution is 9.09. The van der Waals surface area contributed by atoms with Gasteiger partial charge in [0.25, 0.3) is 0 Å². The maximum atomic E-state index is 5.15. The van der Waals surface area contributed by atoms with Crippen molar-refractivity contribution < 1.29 is 8.85 Å². The smallest absolute Gasteiger partial charge is 0.320 e. The summed E-state index contributed by atoms with van der Waals surface area (Å²) in [7, 11) is 2.22. The molecule has 0 radical (unpaired) electrons. The minimum Gasteiger partial charge on any atom is -0.400 e. The van der Waals surface area contributed by atoms with Crippen LogP contribution in [0.2, 0.25) is 6.04 Å². The van der Waals surface area contributed by atoms with Gasteiger partial charge in [-0.15, -0.1) is 0 Å². The lowest BCUT2D eigenvalue weighted by Gasteiger charge is -2.09. The highest BCUT2D eigenvalue weighted by atomic mass is 79.9. The number of hydrogen-bond acceptors (Lipinski definition) is 2. The Labute approximate surface area is 72.9 Å². The van der Waals surface area contributed by atoms with Crippen molar-refractivity contribution in [3.63, 3.8) is 0 Å². The van der Waals surface area contributed by atoms with Crippen molar-refractivity contribution in [2.75, 3.05) is 19.5 Å². The maximum absolute atomic E-state index is 5.15. The van der Waals surface area contributed by atoms with Crippen LogP contribution in [0.25, 0.3) is 0 Å². The lowest BCUT2D eigenvalue weighted by Crippen LogP contribution is -2.18. The Morgan fingerprint density at radius 2 is 1.80 bits per heavy atom. The SMILES string of the molecule is CO[SiH](CCCCBr)OC. The van der Waals surface area contributed by atoms with E-state index in [1.165, 1.54) is 12.8 Å². The number of alkyl halides is 1. The van der Waals surface area contributed by atoms with E-state index in [1.54, 1.807) is 14.2 Å². The predicted molar refractivity (Wildman–Crippen MR) is 49.0 cm³/mol. The number of unbranched alkanes of at least 4 members (excludes halogenated alkanes) is 1. The van der Waals surface area contributed by atoms with Crippen LogP contribution in [0.3, 0.4) is 0 Å². The fraction of sp³-hybridized carbons (Fsp3) is 1.00. The minimum absolute atomic E-state index is 1.08. The Morgan fingerprint density at radius 1 is 1.20 bits per heavy atom. The highest BCUT2D eigenvalue weighted by Gasteiger charge is 2.07. The fourth-order valence-electron chi connectivity index (χ4n) is 0.737. The predicted octanol–water partition coefficient (Wildman–Crippen LogP) is 1.67. The van der Waals surface area contributed by atoms with Crippen molar-refractivity contribution in [3.8, 4) is 0 Å². The molecular formula is C6H15BrO2Si. The average molecular weight is 227 g/mol. The maximum Gasteiger partial charge on any atom is 0.320 e. The van der Waals surface area contributed by atoms with Crippen molar-refractivity contribution in [2.45, 2.75) is 18.9 Å². The molecule has 0 aromatic carbocycles. The van der Waals surface area contributed by atoms with E-state index in [4.69, 9.17) is 8.85 Å². The lowest BCUT2D eigenvalue weighted by atomic mass is 10.4. The minimum atomic E-state index is -1.24. The van der Waals surface area contributed by atoms with Crippen LogP contribution >= 0.6 is 15.9 Å². The summed E-state index contributed by atoms with van der Waals surface area (Å²) in [5.74, 6) is 0. The van der Waals surface area contributed by atoms with Crippen LogP contribution < -0.4 is 0 Å². The zero-order chi connectivity index (χ0) is 7.82. The number of rotatable bonds is 6. The standard InChI is InChI=1S/C6H15BrO2Si/c1-8-10(9-2)6-4-3-5-7/h10H,3-6H2,1-2H3. The zero-order valence-corrected chi connectivity index (χ0v) is 9.34. The summed E-state index contributed by atoms with van der Waals surface area (Å²) in [6.07, 6.45) is 2.43. The molecule has 0 aliphatic rings.